The standard InChI is InChI=1S/C24H29FN6O3/c1-33-14-13-31-21-7-3-2-6-18(21)29-22(31)8-11-26-12-9-23-30-20(16-34-23)24(32)28-15-19-17(25)5-4-10-27-19/h2-3,6-7,10,16,26H,4-5,8-9,11-15H2,1H3,(H,28,32). The summed E-state index contributed by atoms with van der Waals surface area (Å²) in [4.78, 5) is 25.2. The maximum absolute atomic E-state index is 13.7. The molecule has 1 aliphatic heterocycles. The molecule has 0 fully saturated rings. The lowest BCUT2D eigenvalue weighted by atomic mass is 10.2. The van der Waals surface area contributed by atoms with Gasteiger partial charge >= 0.3 is 0 Å². The highest BCUT2D eigenvalue weighted by molar-refractivity contribution is 5.92. The Morgan fingerprint density at radius 3 is 2.94 bits per heavy atom. The molecule has 34 heavy (non-hydrogen) atoms. The Balaban J connectivity index is 1.22. The number of hydrogen-bond donors (Lipinski definition) is 2. The molecule has 1 amide bonds. The molecular formula is C24H29FN6O3. The fourth-order valence-electron chi connectivity index (χ4n) is 3.78. The molecule has 180 valence electrons. The zero-order chi connectivity index (χ0) is 23.8. The van der Waals surface area contributed by atoms with Crippen molar-refractivity contribution in [1.82, 2.24) is 25.2 Å². The van der Waals surface area contributed by atoms with Gasteiger partial charge in [0.05, 0.1) is 29.9 Å². The molecule has 2 aromatic heterocycles. The van der Waals surface area contributed by atoms with Crippen LogP contribution in [0.25, 0.3) is 11.0 Å². The van der Waals surface area contributed by atoms with E-state index in [9.17, 15) is 9.18 Å². The smallest absolute Gasteiger partial charge is 0.273 e. The van der Waals surface area contributed by atoms with Crippen LogP contribution in [-0.2, 0) is 24.1 Å². The summed E-state index contributed by atoms with van der Waals surface area (Å²) in [6.07, 6.45) is 5.18. The number of amides is 1. The van der Waals surface area contributed by atoms with Crippen molar-refractivity contribution >= 4 is 23.2 Å². The van der Waals surface area contributed by atoms with Crippen molar-refractivity contribution in [2.45, 2.75) is 32.2 Å². The average Bonchev–Trinajstić information content (AvgIpc) is 3.46. The Kier molecular flexibility index (Phi) is 8.16. The van der Waals surface area contributed by atoms with E-state index in [-0.39, 0.29) is 23.8 Å². The number of halogens is 1. The first-order valence-electron chi connectivity index (χ1n) is 11.4. The largest absolute Gasteiger partial charge is 0.448 e. The highest BCUT2D eigenvalue weighted by Crippen LogP contribution is 2.17. The van der Waals surface area contributed by atoms with Crippen molar-refractivity contribution in [3.63, 3.8) is 0 Å². The lowest BCUT2D eigenvalue weighted by Gasteiger charge is -2.09. The summed E-state index contributed by atoms with van der Waals surface area (Å²) in [6, 6.07) is 8.09. The van der Waals surface area contributed by atoms with Gasteiger partial charge in [-0.15, -0.1) is 0 Å². The normalized spacial score (nSPS) is 13.7. The molecule has 2 N–H and O–H groups in total. The first-order valence-corrected chi connectivity index (χ1v) is 11.4. The molecular weight excluding hydrogens is 439 g/mol. The van der Waals surface area contributed by atoms with Crippen molar-refractivity contribution in [3.8, 4) is 0 Å². The Bertz CT molecular complexity index is 1180. The molecule has 0 radical (unpaired) electrons. The molecule has 10 heteroatoms. The molecule has 0 unspecified atom stereocenters. The van der Waals surface area contributed by atoms with E-state index in [0.717, 1.165) is 36.4 Å². The summed E-state index contributed by atoms with van der Waals surface area (Å²) >= 11 is 0. The van der Waals surface area contributed by atoms with E-state index in [4.69, 9.17) is 14.1 Å². The number of carbonyl (C=O) groups excluding carboxylic acids is 1. The number of carbonyl (C=O) groups is 1. The number of methoxy groups -OCH3 is 1. The van der Waals surface area contributed by atoms with E-state index in [2.05, 4.69) is 31.2 Å². The number of hydrogen-bond acceptors (Lipinski definition) is 7. The number of benzene rings is 1. The number of nitrogens with one attached hydrogen (secondary N) is 2. The first kappa shape index (κ1) is 23.8. The van der Waals surface area contributed by atoms with Crippen LogP contribution in [0.4, 0.5) is 4.39 Å². The SMILES string of the molecule is COCCn1c(CCNCCc2nc(C(=O)NCC3=C(F)CCC=N3)co2)nc2ccccc21. The first-order chi connectivity index (χ1) is 16.7. The lowest BCUT2D eigenvalue weighted by molar-refractivity contribution is 0.0951. The maximum atomic E-state index is 13.7. The summed E-state index contributed by atoms with van der Waals surface area (Å²) in [5, 5.41) is 6.00. The quantitative estimate of drug-likeness (QED) is 0.396. The van der Waals surface area contributed by atoms with Gasteiger partial charge in [0.2, 0.25) is 0 Å². The molecule has 1 aromatic carbocycles. The summed E-state index contributed by atoms with van der Waals surface area (Å²) in [5.41, 5.74) is 2.51. The predicted molar refractivity (Wildman–Crippen MR) is 127 cm³/mol. The Morgan fingerprint density at radius 2 is 2.09 bits per heavy atom. The number of ether oxygens (including phenoxy) is 1. The second-order valence-electron chi connectivity index (χ2n) is 7.92. The van der Waals surface area contributed by atoms with Gasteiger partial charge in [-0.25, -0.2) is 14.4 Å². The molecule has 0 atom stereocenters. The van der Waals surface area contributed by atoms with Crippen LogP contribution in [-0.4, -0.2) is 60.0 Å². The zero-order valence-electron chi connectivity index (χ0n) is 19.2. The molecule has 0 saturated carbocycles. The highest BCUT2D eigenvalue weighted by Gasteiger charge is 2.15. The van der Waals surface area contributed by atoms with Gasteiger partial charge in [0.15, 0.2) is 11.6 Å². The number of aliphatic imine (C=N–C) groups is 1. The van der Waals surface area contributed by atoms with Gasteiger partial charge in [0.1, 0.15) is 17.9 Å². The van der Waals surface area contributed by atoms with Gasteiger partial charge < -0.3 is 24.4 Å². The van der Waals surface area contributed by atoms with Crippen molar-refractivity contribution < 1.29 is 18.3 Å². The van der Waals surface area contributed by atoms with Crippen LogP contribution in [0.2, 0.25) is 0 Å². The molecule has 3 aromatic rings. The number of fused-ring (bicyclic) bond motifs is 1. The van der Waals surface area contributed by atoms with Gasteiger partial charge in [-0.3, -0.25) is 9.79 Å². The molecule has 0 saturated heterocycles. The topological polar surface area (TPSA) is 107 Å². The number of imidazole rings is 1. The van der Waals surface area contributed by atoms with Crippen LogP contribution < -0.4 is 10.6 Å². The summed E-state index contributed by atoms with van der Waals surface area (Å²) in [7, 11) is 1.70. The fraction of sp³-hybridized carbons (Fsp3) is 0.417. The third-order valence-corrected chi connectivity index (χ3v) is 5.55. The van der Waals surface area contributed by atoms with Gasteiger partial charge in [0.25, 0.3) is 5.91 Å². The van der Waals surface area contributed by atoms with Gasteiger partial charge in [0, 0.05) is 52.2 Å². The maximum Gasteiger partial charge on any atom is 0.273 e. The minimum absolute atomic E-state index is 0.0278. The second kappa shape index (κ2) is 11.7. The zero-order valence-corrected chi connectivity index (χ0v) is 19.2. The number of para-hydroxylation sites is 2. The van der Waals surface area contributed by atoms with Gasteiger partial charge in [-0.2, -0.15) is 0 Å². The minimum Gasteiger partial charge on any atom is -0.448 e. The molecule has 3 heterocycles. The fourth-order valence-corrected chi connectivity index (χ4v) is 3.78. The van der Waals surface area contributed by atoms with E-state index in [1.807, 2.05) is 18.2 Å². The summed E-state index contributed by atoms with van der Waals surface area (Å²) < 4.78 is 26.6. The summed E-state index contributed by atoms with van der Waals surface area (Å²) in [6.45, 7) is 2.79. The average molecular weight is 469 g/mol. The molecule has 4 rings (SSSR count). The number of oxazole rings is 1. The van der Waals surface area contributed by atoms with Crippen molar-refractivity contribution in [2.75, 3.05) is 33.4 Å². The van der Waals surface area contributed by atoms with Crippen molar-refractivity contribution in [2.24, 2.45) is 4.99 Å². The van der Waals surface area contributed by atoms with Crippen LogP contribution in [0.1, 0.15) is 35.0 Å². The number of aromatic nitrogens is 3. The van der Waals surface area contributed by atoms with Crippen LogP contribution in [0.15, 0.2) is 51.5 Å². The lowest BCUT2D eigenvalue weighted by Crippen LogP contribution is -2.26. The van der Waals surface area contributed by atoms with Crippen molar-refractivity contribution in [3.05, 3.63) is 59.5 Å². The van der Waals surface area contributed by atoms with Crippen LogP contribution in [0, 0.1) is 0 Å². The Labute approximate surface area is 197 Å². The van der Waals surface area contributed by atoms with Crippen LogP contribution in [0.3, 0.4) is 0 Å². The summed E-state index contributed by atoms with van der Waals surface area (Å²) in [5.74, 6) is 0.767. The predicted octanol–water partition coefficient (Wildman–Crippen LogP) is 2.82. The van der Waals surface area contributed by atoms with Crippen molar-refractivity contribution in [1.29, 1.82) is 0 Å². The van der Waals surface area contributed by atoms with E-state index in [1.165, 1.54) is 6.26 Å². The third kappa shape index (κ3) is 5.95. The monoisotopic (exact) mass is 468 g/mol. The van der Waals surface area contributed by atoms with E-state index < -0.39 is 5.91 Å². The molecule has 1 aliphatic rings. The number of rotatable bonds is 12. The Morgan fingerprint density at radius 1 is 1.24 bits per heavy atom. The molecule has 0 bridgehead atoms. The second-order valence-corrected chi connectivity index (χ2v) is 7.92. The van der Waals surface area contributed by atoms with Crippen LogP contribution in [0.5, 0.6) is 0 Å². The number of nitrogens with zero attached hydrogens (tertiary/aromatic N) is 4. The minimum atomic E-state index is -0.418. The van der Waals surface area contributed by atoms with E-state index in [1.54, 1.807) is 13.3 Å². The molecule has 9 nitrogen and oxygen atoms in total. The Hall–Kier alpha value is -3.37. The highest BCUT2D eigenvalue weighted by atomic mass is 19.1. The van der Waals surface area contributed by atoms with E-state index >= 15 is 0 Å². The number of allylic oxidation sites excluding steroid dienone is 1. The van der Waals surface area contributed by atoms with Crippen LogP contribution >= 0.6 is 0 Å². The van der Waals surface area contributed by atoms with Gasteiger partial charge in [-0.05, 0) is 18.6 Å². The van der Waals surface area contributed by atoms with Gasteiger partial charge in [-0.1, -0.05) is 12.1 Å². The van der Waals surface area contributed by atoms with E-state index in [0.29, 0.717) is 38.3 Å². The molecule has 0 spiro atoms. The molecule has 0 aliphatic carbocycles. The third-order valence-electron chi connectivity index (χ3n) is 5.55.